The summed E-state index contributed by atoms with van der Waals surface area (Å²) in [5.41, 5.74) is -1.71. The van der Waals surface area contributed by atoms with E-state index in [4.69, 9.17) is 40.0 Å². The van der Waals surface area contributed by atoms with E-state index in [2.05, 4.69) is 17.2 Å². The Morgan fingerprint density at radius 2 is 1.70 bits per heavy atom. The van der Waals surface area contributed by atoms with Crippen molar-refractivity contribution in [1.82, 2.24) is 5.32 Å². The van der Waals surface area contributed by atoms with Gasteiger partial charge in [0.1, 0.15) is 17.3 Å². The molecule has 12 heteroatoms. The van der Waals surface area contributed by atoms with Crippen molar-refractivity contribution >= 4 is 24.0 Å². The van der Waals surface area contributed by atoms with E-state index in [1.54, 1.807) is 52.2 Å². The third-order valence-electron chi connectivity index (χ3n) is 10.7. The molecule has 1 saturated carbocycles. The number of nitrogens with one attached hydrogen (secondary N) is 1. The number of hydrogen-bond donors (Lipinski definition) is 3. The van der Waals surface area contributed by atoms with Gasteiger partial charge in [0.2, 0.25) is 6.41 Å². The molecule has 3 fully saturated rings. The van der Waals surface area contributed by atoms with Crippen LogP contribution in [0.2, 0.25) is 0 Å². The molecule has 2 unspecified atom stereocenters. The molecule has 1 aliphatic carbocycles. The van der Waals surface area contributed by atoms with Gasteiger partial charge < -0.3 is 44.0 Å². The quantitative estimate of drug-likeness (QED) is 0.0829. The Kier molecular flexibility index (Phi) is 12.5. The highest BCUT2D eigenvalue weighted by Gasteiger charge is 2.61. The number of rotatable bonds is 8. The molecule has 2 bridgehead atoms. The first kappa shape index (κ1) is 40.5. The van der Waals surface area contributed by atoms with Gasteiger partial charge in [0.15, 0.2) is 11.6 Å². The second-order valence-electron chi connectivity index (χ2n) is 15.4. The number of esters is 1. The summed E-state index contributed by atoms with van der Waals surface area (Å²) in [4.78, 5) is 24.8. The fourth-order valence-corrected chi connectivity index (χ4v) is 8.29. The first-order chi connectivity index (χ1) is 23.2. The van der Waals surface area contributed by atoms with E-state index in [-0.39, 0.29) is 29.0 Å². The Morgan fingerprint density at radius 3 is 2.30 bits per heavy atom. The molecule has 4 aliphatic rings. The number of carbonyl (C=O) groups excluding carboxylic acids is 2. The lowest BCUT2D eigenvalue weighted by atomic mass is 9.78. The van der Waals surface area contributed by atoms with Crippen LogP contribution in [0.4, 0.5) is 0 Å². The molecule has 14 atom stereocenters. The van der Waals surface area contributed by atoms with Crippen LogP contribution < -0.4 is 5.32 Å². The summed E-state index contributed by atoms with van der Waals surface area (Å²) in [6.07, 6.45) is 6.85. The van der Waals surface area contributed by atoms with Crippen molar-refractivity contribution in [3.05, 3.63) is 36.0 Å². The topological polar surface area (TPSA) is 142 Å². The molecule has 4 rings (SSSR count). The number of cyclic esters (lactones) is 1. The van der Waals surface area contributed by atoms with E-state index in [0.29, 0.717) is 12.8 Å². The van der Waals surface area contributed by atoms with E-state index < -0.39 is 71.7 Å². The highest BCUT2D eigenvalue weighted by molar-refractivity contribution is 6.26. The van der Waals surface area contributed by atoms with Crippen LogP contribution in [-0.2, 0) is 38.0 Å². The number of hydrogen-bond acceptors (Lipinski definition) is 10. The Hall–Kier alpha value is -2.27. The van der Waals surface area contributed by atoms with Gasteiger partial charge in [0.05, 0.1) is 41.8 Å². The monoisotopic (exact) mass is 721 g/mol. The maximum absolute atomic E-state index is 13.6. The van der Waals surface area contributed by atoms with Gasteiger partial charge in [-0.3, -0.25) is 9.59 Å². The van der Waals surface area contributed by atoms with Crippen LogP contribution in [0.3, 0.4) is 0 Å². The van der Waals surface area contributed by atoms with E-state index in [1.807, 2.05) is 40.7 Å². The van der Waals surface area contributed by atoms with Gasteiger partial charge in [-0.15, -0.1) is 11.6 Å². The summed E-state index contributed by atoms with van der Waals surface area (Å²) in [5, 5.41) is 26.3. The van der Waals surface area contributed by atoms with E-state index >= 15 is 0 Å². The molecule has 280 valence electrons. The highest BCUT2D eigenvalue weighted by atomic mass is 35.5. The summed E-state index contributed by atoms with van der Waals surface area (Å²) in [5.74, 6) is 1.60. The summed E-state index contributed by atoms with van der Waals surface area (Å²) in [7, 11) is 3.05. The summed E-state index contributed by atoms with van der Waals surface area (Å²) in [6.45, 7) is 14.6. The number of ether oxygens (including phenoxy) is 6. The number of methoxy groups -OCH3 is 2. The number of halogens is 1. The third kappa shape index (κ3) is 9.02. The van der Waals surface area contributed by atoms with Crippen LogP contribution in [0.15, 0.2) is 36.0 Å². The standard InChI is InChI=1S/C38H56ClNO10/c1-23-17-28(45-9)24(2)31-25(3)29(48-37(8)33(46-10)36(7,43)32(40-22-41)26(4)47-37)20-38(44,50-31)21-30(42)49-34(5,18-23)16-14-12-11-13-15-27-19-35(27,6)39/h11-12,14,16-17,22,24-29,31-33,43-44H,18-21H2,1-10H3,(H,40,41)/b12-11+,16-14+,23-17+/t24-,25-,26-,27?,28-,29?,31+,32+,33+,34+,35+,36+,37+,38+/m1/s1. The third-order valence-corrected chi connectivity index (χ3v) is 11.1. The van der Waals surface area contributed by atoms with E-state index in [9.17, 15) is 19.8 Å². The molecule has 0 aromatic heterocycles. The zero-order chi connectivity index (χ0) is 37.3. The first-order valence-electron chi connectivity index (χ1n) is 17.4. The van der Waals surface area contributed by atoms with E-state index in [0.717, 1.165) is 12.0 Å². The van der Waals surface area contributed by atoms with Crippen LogP contribution >= 0.6 is 11.6 Å². The van der Waals surface area contributed by atoms with Crippen molar-refractivity contribution in [2.75, 3.05) is 14.2 Å². The average molecular weight is 722 g/mol. The lowest BCUT2D eigenvalue weighted by Gasteiger charge is -2.56. The lowest BCUT2D eigenvalue weighted by Crippen LogP contribution is -2.74. The molecule has 3 aliphatic heterocycles. The summed E-state index contributed by atoms with van der Waals surface area (Å²) < 4.78 is 37.2. The zero-order valence-electron chi connectivity index (χ0n) is 31.0. The number of amides is 1. The minimum Gasteiger partial charge on any atom is -0.455 e. The van der Waals surface area contributed by atoms with Gasteiger partial charge >= 0.3 is 5.97 Å². The van der Waals surface area contributed by atoms with Gasteiger partial charge in [-0.25, -0.2) is 0 Å². The smallest absolute Gasteiger partial charge is 0.312 e. The number of alkyl halides is 1. The molecular weight excluding hydrogens is 666 g/mol. The van der Waals surface area contributed by atoms with E-state index in [1.165, 1.54) is 7.11 Å². The van der Waals surface area contributed by atoms with Gasteiger partial charge in [-0.05, 0) is 60.1 Å². The van der Waals surface area contributed by atoms with Gasteiger partial charge in [-0.2, -0.15) is 0 Å². The second kappa shape index (κ2) is 15.4. The predicted octanol–water partition coefficient (Wildman–Crippen LogP) is 4.33. The molecule has 0 spiro atoms. The van der Waals surface area contributed by atoms with Crippen molar-refractivity contribution in [3.8, 4) is 11.8 Å². The zero-order valence-corrected chi connectivity index (χ0v) is 31.8. The van der Waals surface area contributed by atoms with Gasteiger partial charge in [0, 0.05) is 44.8 Å². The van der Waals surface area contributed by atoms with Crippen LogP contribution in [0.5, 0.6) is 0 Å². The maximum Gasteiger partial charge on any atom is 0.312 e. The van der Waals surface area contributed by atoms with Crippen molar-refractivity contribution in [3.63, 3.8) is 0 Å². The molecule has 0 aromatic rings. The second-order valence-corrected chi connectivity index (χ2v) is 16.3. The maximum atomic E-state index is 13.6. The molecule has 3 heterocycles. The predicted molar refractivity (Wildman–Crippen MR) is 188 cm³/mol. The number of fused-ring (bicyclic) bond motifs is 2. The lowest BCUT2D eigenvalue weighted by molar-refractivity contribution is -0.392. The molecule has 0 radical (unpaired) electrons. The average Bonchev–Trinajstić information content (AvgIpc) is 3.61. The van der Waals surface area contributed by atoms with Gasteiger partial charge in [0.25, 0.3) is 0 Å². The van der Waals surface area contributed by atoms with Gasteiger partial charge in [-0.1, -0.05) is 49.5 Å². The largest absolute Gasteiger partial charge is 0.455 e. The van der Waals surface area contributed by atoms with Crippen LogP contribution in [0.1, 0.15) is 81.1 Å². The minimum atomic E-state index is -1.97. The number of aliphatic hydroxyl groups is 2. The fourth-order valence-electron chi connectivity index (χ4n) is 8.08. The normalized spacial score (nSPS) is 48.0. The van der Waals surface area contributed by atoms with Crippen LogP contribution in [0.25, 0.3) is 0 Å². The minimum absolute atomic E-state index is 0.1000. The Balaban J connectivity index is 1.63. The molecule has 50 heavy (non-hydrogen) atoms. The number of allylic oxidation sites excluding steroid dienone is 3. The number of carbonyl (C=O) groups is 2. The molecule has 0 aromatic carbocycles. The first-order valence-corrected chi connectivity index (χ1v) is 17.8. The Labute approximate surface area is 302 Å². The molecule has 11 nitrogen and oxygen atoms in total. The van der Waals surface area contributed by atoms with Crippen molar-refractivity contribution in [2.45, 2.75) is 145 Å². The van der Waals surface area contributed by atoms with Crippen molar-refractivity contribution in [2.24, 2.45) is 17.8 Å². The fraction of sp³-hybridized carbons (Fsp3) is 0.737. The van der Waals surface area contributed by atoms with Crippen LogP contribution in [0, 0.1) is 29.6 Å². The molecule has 3 N–H and O–H groups in total. The van der Waals surface area contributed by atoms with Crippen molar-refractivity contribution in [1.29, 1.82) is 0 Å². The highest BCUT2D eigenvalue weighted by Crippen LogP contribution is 2.48. The summed E-state index contributed by atoms with van der Waals surface area (Å²) in [6, 6.07) is -0.784. The Bertz CT molecular complexity index is 1400. The SMILES string of the molecule is CO[C@@H]1[C@](C)(OC2C[C@@]3(O)CC(=O)O[C@@](C)(/C=C/C=C/C#CC4C[C@]4(C)Cl)C/C(C)=C/[C@@H](OC)[C@@H](C)[C@H](O3)[C@@H]2C)O[C@H](C)[C@H](NC=O)[C@]1(C)O. The van der Waals surface area contributed by atoms with Crippen LogP contribution in [-0.4, -0.2) is 101 Å². The molecule has 1 amide bonds. The molecular formula is C38H56ClNO10. The summed E-state index contributed by atoms with van der Waals surface area (Å²) >= 11 is 6.28. The molecule has 2 saturated heterocycles. The van der Waals surface area contributed by atoms with Crippen molar-refractivity contribution < 1.29 is 48.2 Å². The Morgan fingerprint density at radius 1 is 1.02 bits per heavy atom.